The van der Waals surface area contributed by atoms with Crippen LogP contribution in [0.1, 0.15) is 16.8 Å². The van der Waals surface area contributed by atoms with Gasteiger partial charge in [0.15, 0.2) is 0 Å². The van der Waals surface area contributed by atoms with Gasteiger partial charge in [-0.15, -0.1) is 0 Å². The maximum absolute atomic E-state index is 13.3. The number of benzene rings is 2. The van der Waals surface area contributed by atoms with Crippen molar-refractivity contribution in [2.24, 2.45) is 0 Å². The number of nitrogens with zero attached hydrogens (tertiary/aromatic N) is 2. The van der Waals surface area contributed by atoms with E-state index in [0.29, 0.717) is 0 Å². The summed E-state index contributed by atoms with van der Waals surface area (Å²) in [4.78, 5) is 17.5. The standard InChI is InChI=1S/C19H24N2OS/c1-20(2)13-16-14-23-12-6-11-21(16)19(22)18-10-5-8-15-7-3-4-9-17(15)18/h3-5,7-10,16H,6,11-14H2,1-2H3/t16-/m0/s1. The predicted octanol–water partition coefficient (Wildman–Crippen LogP) is 3.35. The molecule has 2 aromatic carbocycles. The Labute approximate surface area is 142 Å². The monoisotopic (exact) mass is 328 g/mol. The first-order valence-electron chi connectivity index (χ1n) is 8.18. The molecule has 1 aliphatic heterocycles. The molecule has 0 saturated carbocycles. The van der Waals surface area contributed by atoms with Gasteiger partial charge >= 0.3 is 0 Å². The maximum atomic E-state index is 13.3. The summed E-state index contributed by atoms with van der Waals surface area (Å²) in [6.07, 6.45) is 1.07. The fourth-order valence-electron chi connectivity index (χ4n) is 3.24. The second-order valence-electron chi connectivity index (χ2n) is 6.37. The number of amides is 1. The molecule has 23 heavy (non-hydrogen) atoms. The highest BCUT2D eigenvalue weighted by Gasteiger charge is 2.27. The number of hydrogen-bond acceptors (Lipinski definition) is 3. The zero-order valence-corrected chi connectivity index (χ0v) is 14.7. The van der Waals surface area contributed by atoms with E-state index in [-0.39, 0.29) is 11.9 Å². The van der Waals surface area contributed by atoms with Crippen LogP contribution in [-0.2, 0) is 0 Å². The number of fused-ring (bicyclic) bond motifs is 1. The maximum Gasteiger partial charge on any atom is 0.254 e. The molecular formula is C19H24N2OS. The lowest BCUT2D eigenvalue weighted by Crippen LogP contribution is -2.46. The van der Waals surface area contributed by atoms with Crippen molar-refractivity contribution in [2.45, 2.75) is 12.5 Å². The zero-order chi connectivity index (χ0) is 16.2. The number of carbonyl (C=O) groups excluding carboxylic acids is 1. The average molecular weight is 328 g/mol. The first kappa shape index (κ1) is 16.3. The van der Waals surface area contributed by atoms with E-state index >= 15 is 0 Å². The SMILES string of the molecule is CN(C)C[C@H]1CSCCCN1C(=O)c1cccc2ccccc12. The summed E-state index contributed by atoms with van der Waals surface area (Å²) < 4.78 is 0. The molecule has 0 bridgehead atoms. The van der Waals surface area contributed by atoms with Gasteiger partial charge in [-0.3, -0.25) is 4.79 Å². The molecule has 0 unspecified atom stereocenters. The topological polar surface area (TPSA) is 23.6 Å². The van der Waals surface area contributed by atoms with Crippen molar-refractivity contribution in [3.05, 3.63) is 48.0 Å². The Morgan fingerprint density at radius 2 is 2.00 bits per heavy atom. The third-order valence-corrected chi connectivity index (χ3v) is 5.49. The quantitative estimate of drug-likeness (QED) is 0.863. The van der Waals surface area contributed by atoms with Crippen LogP contribution in [0.25, 0.3) is 10.8 Å². The summed E-state index contributed by atoms with van der Waals surface area (Å²) in [5.74, 6) is 2.34. The van der Waals surface area contributed by atoms with Crippen LogP contribution in [0.4, 0.5) is 0 Å². The van der Waals surface area contributed by atoms with Crippen molar-refractivity contribution in [1.29, 1.82) is 0 Å². The van der Waals surface area contributed by atoms with E-state index in [0.717, 1.165) is 47.4 Å². The molecule has 1 saturated heterocycles. The molecule has 2 aromatic rings. The van der Waals surface area contributed by atoms with Crippen LogP contribution in [0.15, 0.2) is 42.5 Å². The summed E-state index contributed by atoms with van der Waals surface area (Å²) in [7, 11) is 4.16. The third kappa shape index (κ3) is 3.70. The van der Waals surface area contributed by atoms with Gasteiger partial charge in [0.1, 0.15) is 0 Å². The first-order chi connectivity index (χ1) is 11.2. The van der Waals surface area contributed by atoms with E-state index in [1.165, 1.54) is 0 Å². The molecule has 1 aliphatic rings. The van der Waals surface area contributed by atoms with E-state index in [9.17, 15) is 4.79 Å². The summed E-state index contributed by atoms with van der Waals surface area (Å²) >= 11 is 1.97. The van der Waals surface area contributed by atoms with Gasteiger partial charge in [0.25, 0.3) is 5.91 Å². The van der Waals surface area contributed by atoms with Crippen LogP contribution in [-0.4, -0.2) is 60.4 Å². The van der Waals surface area contributed by atoms with Gasteiger partial charge in [0.05, 0.1) is 6.04 Å². The minimum Gasteiger partial charge on any atom is -0.333 e. The molecule has 0 aliphatic carbocycles. The smallest absolute Gasteiger partial charge is 0.254 e. The van der Waals surface area contributed by atoms with E-state index < -0.39 is 0 Å². The van der Waals surface area contributed by atoms with Gasteiger partial charge in [-0.25, -0.2) is 0 Å². The highest BCUT2D eigenvalue weighted by atomic mass is 32.2. The van der Waals surface area contributed by atoms with Gasteiger partial charge in [-0.1, -0.05) is 36.4 Å². The average Bonchev–Trinajstić information content (AvgIpc) is 2.78. The highest BCUT2D eigenvalue weighted by Crippen LogP contribution is 2.24. The Kier molecular flexibility index (Phi) is 5.23. The number of carbonyl (C=O) groups is 1. The van der Waals surface area contributed by atoms with Gasteiger partial charge in [0.2, 0.25) is 0 Å². The number of thioether (sulfide) groups is 1. The fraction of sp³-hybridized carbons (Fsp3) is 0.421. The van der Waals surface area contributed by atoms with Crippen LogP contribution in [0.3, 0.4) is 0 Å². The van der Waals surface area contributed by atoms with Crippen molar-refractivity contribution < 1.29 is 4.79 Å². The van der Waals surface area contributed by atoms with Crippen LogP contribution >= 0.6 is 11.8 Å². The Morgan fingerprint density at radius 3 is 2.83 bits per heavy atom. The molecule has 3 rings (SSSR count). The normalized spacial score (nSPS) is 19.1. The highest BCUT2D eigenvalue weighted by molar-refractivity contribution is 7.99. The number of rotatable bonds is 3. The molecule has 3 nitrogen and oxygen atoms in total. The molecule has 4 heteroatoms. The molecule has 122 valence electrons. The molecule has 1 heterocycles. The number of likely N-dealkylation sites (N-methyl/N-ethyl adjacent to an activating group) is 1. The molecule has 1 atom stereocenters. The van der Waals surface area contributed by atoms with Crippen LogP contribution in [0, 0.1) is 0 Å². The molecule has 1 amide bonds. The van der Waals surface area contributed by atoms with Crippen molar-refractivity contribution in [3.8, 4) is 0 Å². The zero-order valence-electron chi connectivity index (χ0n) is 13.9. The molecule has 0 radical (unpaired) electrons. The van der Waals surface area contributed by atoms with Crippen molar-refractivity contribution >= 4 is 28.4 Å². The molecule has 0 N–H and O–H groups in total. The lowest BCUT2D eigenvalue weighted by molar-refractivity contribution is 0.0677. The lowest BCUT2D eigenvalue weighted by atomic mass is 10.0. The molecule has 1 fully saturated rings. The van der Waals surface area contributed by atoms with Crippen LogP contribution in [0.5, 0.6) is 0 Å². The van der Waals surface area contributed by atoms with Gasteiger partial charge < -0.3 is 9.80 Å². The Hall–Kier alpha value is -1.52. The van der Waals surface area contributed by atoms with Crippen LogP contribution in [0.2, 0.25) is 0 Å². The summed E-state index contributed by atoms with van der Waals surface area (Å²) in [5.41, 5.74) is 0.832. The van der Waals surface area contributed by atoms with Crippen molar-refractivity contribution in [1.82, 2.24) is 9.80 Å². The van der Waals surface area contributed by atoms with E-state index in [1.54, 1.807) is 0 Å². The van der Waals surface area contributed by atoms with Gasteiger partial charge in [0, 0.05) is 24.4 Å². The number of hydrogen-bond donors (Lipinski definition) is 0. The van der Waals surface area contributed by atoms with E-state index in [4.69, 9.17) is 0 Å². The second kappa shape index (κ2) is 7.37. The Bertz CT molecular complexity index is 681. The summed E-state index contributed by atoms with van der Waals surface area (Å²) in [5, 5.41) is 2.19. The van der Waals surface area contributed by atoms with Crippen molar-refractivity contribution in [3.63, 3.8) is 0 Å². The van der Waals surface area contributed by atoms with Crippen LogP contribution < -0.4 is 0 Å². The fourth-order valence-corrected chi connectivity index (χ4v) is 4.29. The second-order valence-corrected chi connectivity index (χ2v) is 7.52. The summed E-state index contributed by atoms with van der Waals surface area (Å²) in [6.45, 7) is 1.77. The van der Waals surface area contributed by atoms with E-state index in [2.05, 4.69) is 42.1 Å². The predicted molar refractivity (Wildman–Crippen MR) is 99.3 cm³/mol. The van der Waals surface area contributed by atoms with Gasteiger partial charge in [-0.2, -0.15) is 11.8 Å². The molecular weight excluding hydrogens is 304 g/mol. The Morgan fingerprint density at radius 1 is 1.22 bits per heavy atom. The first-order valence-corrected chi connectivity index (χ1v) is 9.33. The molecule has 0 spiro atoms. The molecule has 0 aromatic heterocycles. The minimum atomic E-state index is 0.177. The van der Waals surface area contributed by atoms with Gasteiger partial charge in [-0.05, 0) is 43.1 Å². The lowest BCUT2D eigenvalue weighted by Gasteiger charge is -2.32. The van der Waals surface area contributed by atoms with E-state index in [1.807, 2.05) is 36.0 Å². The third-order valence-electron chi connectivity index (χ3n) is 4.30. The summed E-state index contributed by atoms with van der Waals surface area (Å²) in [6, 6.07) is 14.5. The minimum absolute atomic E-state index is 0.177. The Balaban J connectivity index is 1.95. The largest absolute Gasteiger partial charge is 0.333 e. The van der Waals surface area contributed by atoms with Crippen molar-refractivity contribution in [2.75, 3.05) is 38.7 Å².